The Hall–Kier alpha value is -2.37. The predicted molar refractivity (Wildman–Crippen MR) is 66.6 cm³/mol. The first-order valence-electron chi connectivity index (χ1n) is 5.75. The molecular weight excluding hydrogens is 232 g/mol. The SMILES string of the molecule is Nc1cccc(-n2ccc(C3CC3)n2)c1[N+](=O)[O-]. The molecule has 6 nitrogen and oxygen atoms in total. The maximum atomic E-state index is 11.1. The van der Waals surface area contributed by atoms with Gasteiger partial charge in [0.1, 0.15) is 11.4 Å². The van der Waals surface area contributed by atoms with Gasteiger partial charge in [0.15, 0.2) is 0 Å². The van der Waals surface area contributed by atoms with Crippen LogP contribution in [0.25, 0.3) is 5.69 Å². The number of para-hydroxylation sites is 1. The quantitative estimate of drug-likeness (QED) is 0.509. The van der Waals surface area contributed by atoms with Crippen molar-refractivity contribution in [1.82, 2.24) is 9.78 Å². The highest BCUT2D eigenvalue weighted by Gasteiger charge is 2.27. The lowest BCUT2D eigenvalue weighted by molar-refractivity contribution is -0.383. The van der Waals surface area contributed by atoms with Crippen molar-refractivity contribution in [2.45, 2.75) is 18.8 Å². The third-order valence-electron chi connectivity index (χ3n) is 3.08. The Morgan fingerprint density at radius 2 is 2.17 bits per heavy atom. The number of rotatable bonds is 3. The zero-order valence-electron chi connectivity index (χ0n) is 9.61. The first kappa shape index (κ1) is 10.8. The molecule has 0 aliphatic heterocycles. The number of aromatic nitrogens is 2. The van der Waals surface area contributed by atoms with Gasteiger partial charge in [0.05, 0.1) is 10.6 Å². The van der Waals surface area contributed by atoms with E-state index >= 15 is 0 Å². The minimum absolute atomic E-state index is 0.0945. The summed E-state index contributed by atoms with van der Waals surface area (Å²) in [6, 6.07) is 6.77. The number of anilines is 1. The molecule has 0 bridgehead atoms. The van der Waals surface area contributed by atoms with Crippen LogP contribution in [0.15, 0.2) is 30.5 Å². The number of nitrogens with two attached hydrogens (primary N) is 1. The molecule has 0 amide bonds. The van der Waals surface area contributed by atoms with E-state index in [4.69, 9.17) is 5.73 Å². The highest BCUT2D eigenvalue weighted by atomic mass is 16.6. The average Bonchev–Trinajstić information content (AvgIpc) is 3.06. The molecule has 0 radical (unpaired) electrons. The Morgan fingerprint density at radius 3 is 2.83 bits per heavy atom. The second-order valence-electron chi connectivity index (χ2n) is 4.43. The average molecular weight is 244 g/mol. The molecule has 1 aliphatic rings. The molecule has 2 N–H and O–H groups in total. The number of nitro groups is 1. The van der Waals surface area contributed by atoms with Gasteiger partial charge in [0.25, 0.3) is 0 Å². The molecule has 0 spiro atoms. The van der Waals surface area contributed by atoms with Gasteiger partial charge in [-0.05, 0) is 31.0 Å². The Balaban J connectivity index is 2.09. The second kappa shape index (κ2) is 3.83. The summed E-state index contributed by atoms with van der Waals surface area (Å²) in [6.07, 6.45) is 4.04. The van der Waals surface area contributed by atoms with Crippen LogP contribution < -0.4 is 5.73 Å². The molecule has 0 unspecified atom stereocenters. The lowest BCUT2D eigenvalue weighted by Gasteiger charge is -2.04. The van der Waals surface area contributed by atoms with Gasteiger partial charge in [-0.25, -0.2) is 4.68 Å². The monoisotopic (exact) mass is 244 g/mol. The topological polar surface area (TPSA) is 87.0 Å². The summed E-state index contributed by atoms with van der Waals surface area (Å²) in [6.45, 7) is 0. The summed E-state index contributed by atoms with van der Waals surface area (Å²) < 4.78 is 1.53. The summed E-state index contributed by atoms with van der Waals surface area (Å²) >= 11 is 0. The fraction of sp³-hybridized carbons (Fsp3) is 0.250. The first-order valence-corrected chi connectivity index (χ1v) is 5.75. The Kier molecular flexibility index (Phi) is 2.29. The fourth-order valence-corrected chi connectivity index (χ4v) is 2.00. The minimum atomic E-state index is -0.469. The summed E-state index contributed by atoms with van der Waals surface area (Å²) in [5.74, 6) is 0.520. The molecule has 3 rings (SSSR count). The van der Waals surface area contributed by atoms with Crippen LogP contribution in [0.5, 0.6) is 0 Å². The molecule has 0 atom stereocenters. The smallest absolute Gasteiger partial charge is 0.317 e. The highest BCUT2D eigenvalue weighted by Crippen LogP contribution is 2.39. The summed E-state index contributed by atoms with van der Waals surface area (Å²) in [7, 11) is 0. The Bertz CT molecular complexity index is 616. The molecule has 1 heterocycles. The van der Waals surface area contributed by atoms with E-state index in [0.717, 1.165) is 18.5 Å². The van der Waals surface area contributed by atoms with Crippen LogP contribution in [0, 0.1) is 10.1 Å². The van der Waals surface area contributed by atoms with E-state index in [1.807, 2.05) is 6.07 Å². The molecule has 92 valence electrons. The fourth-order valence-electron chi connectivity index (χ4n) is 2.00. The minimum Gasteiger partial charge on any atom is -0.393 e. The number of hydrogen-bond donors (Lipinski definition) is 1. The van der Waals surface area contributed by atoms with Crippen molar-refractivity contribution in [2.24, 2.45) is 0 Å². The van der Waals surface area contributed by atoms with Gasteiger partial charge < -0.3 is 5.73 Å². The Morgan fingerprint density at radius 1 is 1.39 bits per heavy atom. The van der Waals surface area contributed by atoms with Gasteiger partial charge >= 0.3 is 5.69 Å². The zero-order valence-corrected chi connectivity index (χ0v) is 9.61. The largest absolute Gasteiger partial charge is 0.393 e. The van der Waals surface area contributed by atoms with E-state index in [9.17, 15) is 10.1 Å². The van der Waals surface area contributed by atoms with Crippen molar-refractivity contribution < 1.29 is 4.92 Å². The molecule has 1 aromatic carbocycles. The number of hydrogen-bond acceptors (Lipinski definition) is 4. The van der Waals surface area contributed by atoms with E-state index < -0.39 is 4.92 Å². The molecule has 1 fully saturated rings. The maximum absolute atomic E-state index is 11.1. The molecule has 18 heavy (non-hydrogen) atoms. The van der Waals surface area contributed by atoms with Crippen molar-refractivity contribution in [1.29, 1.82) is 0 Å². The predicted octanol–water partition coefficient (Wildman–Crippen LogP) is 2.24. The standard InChI is InChI=1S/C12H12N4O2/c13-9-2-1-3-11(12(9)16(17)18)15-7-6-10(14-15)8-4-5-8/h1-3,6-8H,4-5,13H2. The van der Waals surface area contributed by atoms with Gasteiger partial charge in [-0.3, -0.25) is 10.1 Å². The third-order valence-corrected chi connectivity index (χ3v) is 3.08. The molecular formula is C12H12N4O2. The van der Waals surface area contributed by atoms with E-state index in [2.05, 4.69) is 5.10 Å². The maximum Gasteiger partial charge on any atom is 0.317 e. The number of benzene rings is 1. The molecule has 1 saturated carbocycles. The highest BCUT2D eigenvalue weighted by molar-refractivity contribution is 5.68. The van der Waals surface area contributed by atoms with Crippen molar-refractivity contribution in [2.75, 3.05) is 5.73 Å². The van der Waals surface area contributed by atoms with E-state index in [-0.39, 0.29) is 11.4 Å². The van der Waals surface area contributed by atoms with Gasteiger partial charge in [-0.2, -0.15) is 5.10 Å². The molecule has 0 saturated heterocycles. The summed E-state index contributed by atoms with van der Waals surface area (Å²) in [4.78, 5) is 10.6. The molecule has 2 aromatic rings. The Labute approximate surface area is 103 Å². The van der Waals surface area contributed by atoms with Crippen LogP contribution in [0.4, 0.5) is 11.4 Å². The van der Waals surface area contributed by atoms with Crippen molar-refractivity contribution in [3.8, 4) is 5.69 Å². The lowest BCUT2D eigenvalue weighted by atomic mass is 10.2. The van der Waals surface area contributed by atoms with Crippen molar-refractivity contribution in [3.05, 3.63) is 46.3 Å². The van der Waals surface area contributed by atoms with Gasteiger partial charge in [-0.15, -0.1) is 0 Å². The van der Waals surface area contributed by atoms with Crippen molar-refractivity contribution >= 4 is 11.4 Å². The lowest BCUT2D eigenvalue weighted by Crippen LogP contribution is -2.04. The first-order chi connectivity index (χ1) is 8.66. The summed E-state index contributed by atoms with van der Waals surface area (Å²) in [5.41, 5.74) is 7.12. The third kappa shape index (κ3) is 1.71. The van der Waals surface area contributed by atoms with E-state index in [1.54, 1.807) is 18.3 Å². The molecule has 1 aromatic heterocycles. The van der Waals surface area contributed by atoms with Crippen LogP contribution in [0.1, 0.15) is 24.5 Å². The van der Waals surface area contributed by atoms with Gasteiger partial charge in [0.2, 0.25) is 0 Å². The van der Waals surface area contributed by atoms with Crippen LogP contribution >= 0.6 is 0 Å². The number of nitrogens with zero attached hydrogens (tertiary/aromatic N) is 3. The van der Waals surface area contributed by atoms with Gasteiger partial charge in [0, 0.05) is 12.1 Å². The second-order valence-corrected chi connectivity index (χ2v) is 4.43. The zero-order chi connectivity index (χ0) is 12.7. The van der Waals surface area contributed by atoms with Crippen LogP contribution in [-0.4, -0.2) is 14.7 Å². The summed E-state index contributed by atoms with van der Waals surface area (Å²) in [5, 5.41) is 15.4. The molecule has 1 aliphatic carbocycles. The van der Waals surface area contributed by atoms with E-state index in [0.29, 0.717) is 11.6 Å². The van der Waals surface area contributed by atoms with E-state index in [1.165, 1.54) is 10.7 Å². The number of nitro benzene ring substituents is 1. The normalized spacial score (nSPS) is 14.7. The van der Waals surface area contributed by atoms with Crippen LogP contribution in [0.3, 0.4) is 0 Å². The number of nitrogen functional groups attached to an aromatic ring is 1. The van der Waals surface area contributed by atoms with Crippen molar-refractivity contribution in [3.63, 3.8) is 0 Å². The van der Waals surface area contributed by atoms with Crippen LogP contribution in [0.2, 0.25) is 0 Å². The van der Waals surface area contributed by atoms with Gasteiger partial charge in [-0.1, -0.05) is 6.07 Å². The molecule has 6 heteroatoms. The van der Waals surface area contributed by atoms with Crippen LogP contribution in [-0.2, 0) is 0 Å².